The molecule has 0 aliphatic carbocycles. The van der Waals surface area contributed by atoms with Crippen LogP contribution in [0.3, 0.4) is 0 Å². The number of aliphatic hydroxyl groups excluding tert-OH is 1. The van der Waals surface area contributed by atoms with Crippen LogP contribution < -0.4 is 0 Å². The highest BCUT2D eigenvalue weighted by atomic mass is 32.2. The quantitative estimate of drug-likeness (QED) is 0.750. The highest BCUT2D eigenvalue weighted by Gasteiger charge is 2.10. The molecule has 0 amide bonds. The summed E-state index contributed by atoms with van der Waals surface area (Å²) in [6.07, 6.45) is 0.626. The fourth-order valence-corrected chi connectivity index (χ4v) is 3.55. The smallest absolute Gasteiger partial charge is 0.150 e. The van der Waals surface area contributed by atoms with Gasteiger partial charge in [-0.1, -0.05) is 24.6 Å². The summed E-state index contributed by atoms with van der Waals surface area (Å²) in [6.45, 7) is 3.69. The maximum absolute atomic E-state index is 11.3. The minimum atomic E-state index is -2.91. The molecule has 1 unspecified atom stereocenters. The SMILES string of the molecule is CCS(=O)(=O)CCCC(O)CSc1cccc(C)c1. The first-order valence-electron chi connectivity index (χ1n) is 6.51. The van der Waals surface area contributed by atoms with Crippen molar-refractivity contribution < 1.29 is 13.5 Å². The fourth-order valence-electron chi connectivity index (χ4n) is 1.66. The molecular formula is C14H22O3S2. The minimum absolute atomic E-state index is 0.176. The number of benzene rings is 1. The molecule has 1 aromatic carbocycles. The van der Waals surface area contributed by atoms with E-state index in [-0.39, 0.29) is 11.5 Å². The summed E-state index contributed by atoms with van der Waals surface area (Å²) in [5, 5.41) is 9.83. The summed E-state index contributed by atoms with van der Waals surface area (Å²) in [4.78, 5) is 1.14. The number of thioether (sulfide) groups is 1. The Morgan fingerprint density at radius 3 is 2.74 bits per heavy atom. The van der Waals surface area contributed by atoms with E-state index in [0.29, 0.717) is 18.6 Å². The zero-order valence-corrected chi connectivity index (χ0v) is 13.1. The zero-order valence-electron chi connectivity index (χ0n) is 11.5. The molecule has 0 saturated carbocycles. The fraction of sp³-hybridized carbons (Fsp3) is 0.571. The summed E-state index contributed by atoms with van der Waals surface area (Å²) in [5.41, 5.74) is 1.20. The van der Waals surface area contributed by atoms with Crippen molar-refractivity contribution in [1.29, 1.82) is 0 Å². The summed E-state index contributed by atoms with van der Waals surface area (Å²) in [6, 6.07) is 8.14. The maximum atomic E-state index is 11.3. The Morgan fingerprint density at radius 1 is 1.37 bits per heavy atom. The Kier molecular flexibility index (Phi) is 6.89. The van der Waals surface area contributed by atoms with Gasteiger partial charge in [0.2, 0.25) is 0 Å². The van der Waals surface area contributed by atoms with Crippen molar-refractivity contribution in [2.24, 2.45) is 0 Å². The molecule has 0 radical (unpaired) electrons. The lowest BCUT2D eigenvalue weighted by Gasteiger charge is -2.10. The molecule has 1 rings (SSSR count). The first kappa shape index (κ1) is 16.5. The van der Waals surface area contributed by atoms with E-state index >= 15 is 0 Å². The minimum Gasteiger partial charge on any atom is -0.392 e. The molecule has 0 bridgehead atoms. The van der Waals surface area contributed by atoms with Gasteiger partial charge >= 0.3 is 0 Å². The molecule has 1 N–H and O–H groups in total. The van der Waals surface area contributed by atoms with Crippen molar-refractivity contribution in [1.82, 2.24) is 0 Å². The average molecular weight is 302 g/mol. The third-order valence-electron chi connectivity index (χ3n) is 2.86. The first-order valence-corrected chi connectivity index (χ1v) is 9.31. The number of hydrogen-bond donors (Lipinski definition) is 1. The molecule has 0 spiro atoms. The molecule has 1 atom stereocenters. The van der Waals surface area contributed by atoms with Gasteiger partial charge in [-0.15, -0.1) is 11.8 Å². The Balaban J connectivity index is 2.27. The van der Waals surface area contributed by atoms with Gasteiger partial charge in [0.1, 0.15) is 9.84 Å². The Morgan fingerprint density at radius 2 is 2.11 bits per heavy atom. The number of aliphatic hydroxyl groups is 1. The molecule has 3 nitrogen and oxygen atoms in total. The van der Waals surface area contributed by atoms with Crippen molar-refractivity contribution in [2.45, 2.75) is 37.7 Å². The van der Waals surface area contributed by atoms with Crippen LogP contribution in [0.15, 0.2) is 29.2 Å². The molecule has 0 aliphatic heterocycles. The average Bonchev–Trinajstić information content (AvgIpc) is 2.36. The van der Waals surface area contributed by atoms with Crippen molar-refractivity contribution in [3.63, 3.8) is 0 Å². The molecule has 0 aromatic heterocycles. The van der Waals surface area contributed by atoms with Gasteiger partial charge < -0.3 is 5.11 Å². The van der Waals surface area contributed by atoms with E-state index in [2.05, 4.69) is 6.07 Å². The molecule has 0 fully saturated rings. The second-order valence-corrected chi connectivity index (χ2v) is 8.23. The van der Waals surface area contributed by atoms with Crippen LogP contribution in [0, 0.1) is 6.92 Å². The van der Waals surface area contributed by atoms with Gasteiger partial charge in [0.15, 0.2) is 0 Å². The summed E-state index contributed by atoms with van der Waals surface area (Å²) in [7, 11) is -2.91. The van der Waals surface area contributed by atoms with E-state index in [9.17, 15) is 13.5 Å². The van der Waals surface area contributed by atoms with Crippen LogP contribution in [0.25, 0.3) is 0 Å². The van der Waals surface area contributed by atoms with E-state index in [0.717, 1.165) is 4.90 Å². The third kappa shape index (κ3) is 6.99. The van der Waals surface area contributed by atoms with Crippen molar-refractivity contribution in [3.05, 3.63) is 29.8 Å². The topological polar surface area (TPSA) is 54.4 Å². The summed E-state index contributed by atoms with van der Waals surface area (Å²) >= 11 is 1.61. The predicted molar refractivity (Wildman–Crippen MR) is 81.5 cm³/mol. The van der Waals surface area contributed by atoms with Crippen molar-refractivity contribution >= 4 is 21.6 Å². The van der Waals surface area contributed by atoms with Crippen LogP contribution in [-0.4, -0.2) is 36.9 Å². The lowest BCUT2D eigenvalue weighted by atomic mass is 10.2. The molecular weight excluding hydrogens is 280 g/mol. The van der Waals surface area contributed by atoms with Gasteiger partial charge in [-0.05, 0) is 31.9 Å². The number of hydrogen-bond acceptors (Lipinski definition) is 4. The maximum Gasteiger partial charge on any atom is 0.150 e. The lowest BCUT2D eigenvalue weighted by molar-refractivity contribution is 0.188. The zero-order chi connectivity index (χ0) is 14.3. The molecule has 108 valence electrons. The second kappa shape index (κ2) is 7.92. The van der Waals surface area contributed by atoms with Gasteiger partial charge in [-0.2, -0.15) is 0 Å². The Hall–Kier alpha value is -0.520. The lowest BCUT2D eigenvalue weighted by Crippen LogP contribution is -2.14. The third-order valence-corrected chi connectivity index (χ3v) is 5.79. The monoisotopic (exact) mass is 302 g/mol. The highest BCUT2D eigenvalue weighted by Crippen LogP contribution is 2.20. The molecule has 0 aliphatic rings. The van der Waals surface area contributed by atoms with Crippen molar-refractivity contribution in [2.75, 3.05) is 17.3 Å². The standard InChI is InChI=1S/C14H22O3S2/c1-3-19(16,17)9-5-7-13(15)11-18-14-8-4-6-12(2)10-14/h4,6,8,10,13,15H,3,5,7,9,11H2,1-2H3. The van der Waals surface area contributed by atoms with Crippen LogP contribution in [0.1, 0.15) is 25.3 Å². The van der Waals surface area contributed by atoms with Crippen molar-refractivity contribution in [3.8, 4) is 0 Å². The van der Waals surface area contributed by atoms with E-state index in [1.54, 1.807) is 18.7 Å². The largest absolute Gasteiger partial charge is 0.392 e. The predicted octanol–water partition coefficient (Wildman–Crippen LogP) is 2.66. The van der Waals surface area contributed by atoms with E-state index in [1.807, 2.05) is 25.1 Å². The molecule has 1 aromatic rings. The molecule has 0 heterocycles. The van der Waals surface area contributed by atoms with Crippen LogP contribution in [0.4, 0.5) is 0 Å². The van der Waals surface area contributed by atoms with Gasteiger partial charge in [-0.3, -0.25) is 0 Å². The van der Waals surface area contributed by atoms with Crippen LogP contribution >= 0.6 is 11.8 Å². The van der Waals surface area contributed by atoms with Crippen LogP contribution in [0.2, 0.25) is 0 Å². The van der Waals surface area contributed by atoms with Crippen LogP contribution in [-0.2, 0) is 9.84 Å². The van der Waals surface area contributed by atoms with Crippen LogP contribution in [0.5, 0.6) is 0 Å². The van der Waals surface area contributed by atoms with Gasteiger partial charge in [0, 0.05) is 16.4 Å². The Bertz CT molecular complexity index is 483. The van der Waals surface area contributed by atoms with Gasteiger partial charge in [0.05, 0.1) is 11.9 Å². The first-order chi connectivity index (χ1) is 8.93. The van der Waals surface area contributed by atoms with Gasteiger partial charge in [0.25, 0.3) is 0 Å². The summed E-state index contributed by atoms with van der Waals surface area (Å²) in [5.74, 6) is 0.965. The van der Waals surface area contributed by atoms with E-state index in [1.165, 1.54) is 5.56 Å². The molecule has 5 heteroatoms. The number of rotatable bonds is 8. The van der Waals surface area contributed by atoms with Gasteiger partial charge in [-0.25, -0.2) is 8.42 Å². The second-order valence-electron chi connectivity index (χ2n) is 4.66. The number of aryl methyl sites for hydroxylation is 1. The Labute approximate surface area is 120 Å². The van der Waals surface area contributed by atoms with E-state index < -0.39 is 15.9 Å². The summed E-state index contributed by atoms with van der Waals surface area (Å²) < 4.78 is 22.6. The number of sulfone groups is 1. The highest BCUT2D eigenvalue weighted by molar-refractivity contribution is 7.99. The van der Waals surface area contributed by atoms with E-state index in [4.69, 9.17) is 0 Å². The molecule has 0 saturated heterocycles. The normalized spacial score (nSPS) is 13.4. The molecule has 19 heavy (non-hydrogen) atoms.